The first kappa shape index (κ1) is 10.4. The Labute approximate surface area is 82.7 Å². The van der Waals surface area contributed by atoms with Crippen molar-refractivity contribution in [3.8, 4) is 0 Å². The normalized spacial score (nSPS) is 9.64. The second-order valence-electron chi connectivity index (χ2n) is 3.13. The van der Waals surface area contributed by atoms with Gasteiger partial charge in [0.2, 0.25) is 0 Å². The van der Waals surface area contributed by atoms with Crippen molar-refractivity contribution >= 4 is 12.3 Å². The predicted octanol–water partition coefficient (Wildman–Crippen LogP) is 1.90. The van der Waals surface area contributed by atoms with Gasteiger partial charge < -0.3 is 4.74 Å². The number of esters is 1. The summed E-state index contributed by atoms with van der Waals surface area (Å²) in [6, 6.07) is 3.36. The molecule has 1 rings (SSSR count). The third-order valence-corrected chi connectivity index (χ3v) is 2.20. The molecule has 0 saturated carbocycles. The van der Waals surface area contributed by atoms with Gasteiger partial charge in [0, 0.05) is 5.56 Å². The van der Waals surface area contributed by atoms with Crippen molar-refractivity contribution in [3.63, 3.8) is 0 Å². The molecular formula is C11H12O3. The highest BCUT2D eigenvalue weighted by Crippen LogP contribution is 2.15. The molecule has 0 fully saturated rings. The van der Waals surface area contributed by atoms with Gasteiger partial charge in [0.25, 0.3) is 0 Å². The zero-order valence-electron chi connectivity index (χ0n) is 8.46. The highest BCUT2D eigenvalue weighted by Gasteiger charge is 2.12. The molecule has 0 saturated heterocycles. The van der Waals surface area contributed by atoms with Crippen LogP contribution in [0.25, 0.3) is 0 Å². The van der Waals surface area contributed by atoms with E-state index in [9.17, 15) is 9.59 Å². The lowest BCUT2D eigenvalue weighted by Gasteiger charge is -2.06. The number of aldehydes is 1. The lowest BCUT2D eigenvalue weighted by Crippen LogP contribution is -2.06. The highest BCUT2D eigenvalue weighted by molar-refractivity contribution is 5.98. The third kappa shape index (κ3) is 1.82. The van der Waals surface area contributed by atoms with Gasteiger partial charge in [-0.1, -0.05) is 0 Å². The second-order valence-corrected chi connectivity index (χ2v) is 3.13. The van der Waals surface area contributed by atoms with E-state index >= 15 is 0 Å². The summed E-state index contributed by atoms with van der Waals surface area (Å²) in [6.07, 6.45) is 0.665. The third-order valence-electron chi connectivity index (χ3n) is 2.20. The Kier molecular flexibility index (Phi) is 3.02. The summed E-state index contributed by atoms with van der Waals surface area (Å²) in [5, 5.41) is 0. The van der Waals surface area contributed by atoms with E-state index in [4.69, 9.17) is 0 Å². The van der Waals surface area contributed by atoms with Crippen molar-refractivity contribution in [2.45, 2.75) is 13.8 Å². The molecule has 0 heterocycles. The Hall–Kier alpha value is -1.64. The summed E-state index contributed by atoms with van der Waals surface area (Å²) in [4.78, 5) is 22.0. The van der Waals surface area contributed by atoms with Crippen LogP contribution in [0.1, 0.15) is 31.8 Å². The molecule has 14 heavy (non-hydrogen) atoms. The standard InChI is InChI=1S/C11H12O3/c1-7-4-9(6-12)10(5-8(7)2)11(13)14-3/h4-6H,1-3H3. The van der Waals surface area contributed by atoms with Crippen LogP contribution < -0.4 is 0 Å². The van der Waals surface area contributed by atoms with E-state index in [-0.39, 0.29) is 0 Å². The van der Waals surface area contributed by atoms with Crippen LogP contribution in [0.5, 0.6) is 0 Å². The summed E-state index contributed by atoms with van der Waals surface area (Å²) in [5.41, 5.74) is 2.65. The van der Waals surface area contributed by atoms with Gasteiger partial charge in [-0.05, 0) is 37.1 Å². The van der Waals surface area contributed by atoms with Gasteiger partial charge in [-0.25, -0.2) is 4.79 Å². The van der Waals surface area contributed by atoms with E-state index in [0.717, 1.165) is 11.1 Å². The van der Waals surface area contributed by atoms with Gasteiger partial charge in [0.1, 0.15) is 0 Å². The first-order valence-electron chi connectivity index (χ1n) is 4.25. The zero-order chi connectivity index (χ0) is 10.7. The Balaban J connectivity index is 3.34. The molecule has 0 atom stereocenters. The van der Waals surface area contributed by atoms with Crippen LogP contribution in [-0.2, 0) is 4.74 Å². The van der Waals surface area contributed by atoms with Crippen molar-refractivity contribution < 1.29 is 14.3 Å². The molecule has 3 heteroatoms. The first-order chi connectivity index (χ1) is 6.60. The number of aryl methyl sites for hydroxylation is 2. The van der Waals surface area contributed by atoms with Crippen molar-refractivity contribution in [2.24, 2.45) is 0 Å². The zero-order valence-corrected chi connectivity index (χ0v) is 8.46. The smallest absolute Gasteiger partial charge is 0.338 e. The summed E-state index contributed by atoms with van der Waals surface area (Å²) >= 11 is 0. The van der Waals surface area contributed by atoms with Crippen molar-refractivity contribution in [2.75, 3.05) is 7.11 Å². The number of carbonyl (C=O) groups is 2. The molecule has 1 aromatic rings. The molecule has 0 N–H and O–H groups in total. The largest absolute Gasteiger partial charge is 0.465 e. The molecule has 0 amide bonds. The molecule has 74 valence electrons. The maximum Gasteiger partial charge on any atom is 0.338 e. The molecule has 0 unspecified atom stereocenters. The van der Waals surface area contributed by atoms with Crippen LogP contribution >= 0.6 is 0 Å². The quantitative estimate of drug-likeness (QED) is 0.531. The maximum atomic E-state index is 11.3. The number of hydrogen-bond donors (Lipinski definition) is 0. The lowest BCUT2D eigenvalue weighted by atomic mass is 10.0. The van der Waals surface area contributed by atoms with Gasteiger partial charge in [0.15, 0.2) is 6.29 Å². The van der Waals surface area contributed by atoms with E-state index in [2.05, 4.69) is 4.74 Å². The Morgan fingerprint density at radius 1 is 1.29 bits per heavy atom. The van der Waals surface area contributed by atoms with E-state index in [1.54, 1.807) is 12.1 Å². The molecule has 0 aromatic heterocycles. The first-order valence-corrected chi connectivity index (χ1v) is 4.25. The Morgan fingerprint density at radius 3 is 2.36 bits per heavy atom. The molecule has 3 nitrogen and oxygen atoms in total. The van der Waals surface area contributed by atoms with Gasteiger partial charge in [0.05, 0.1) is 12.7 Å². The maximum absolute atomic E-state index is 11.3. The fraction of sp³-hybridized carbons (Fsp3) is 0.273. The van der Waals surface area contributed by atoms with Crippen molar-refractivity contribution in [3.05, 3.63) is 34.4 Å². The van der Waals surface area contributed by atoms with Crippen LogP contribution in [0.3, 0.4) is 0 Å². The number of methoxy groups -OCH3 is 1. The lowest BCUT2D eigenvalue weighted by molar-refractivity contribution is 0.0598. The summed E-state index contributed by atoms with van der Waals surface area (Å²) in [7, 11) is 1.30. The van der Waals surface area contributed by atoms with Crippen LogP contribution in [0.2, 0.25) is 0 Å². The minimum absolute atomic E-state index is 0.325. The molecule has 0 spiro atoms. The predicted molar refractivity (Wildman–Crippen MR) is 52.6 cm³/mol. The van der Waals surface area contributed by atoms with Gasteiger partial charge in [-0.15, -0.1) is 0 Å². The topological polar surface area (TPSA) is 43.4 Å². The van der Waals surface area contributed by atoms with E-state index in [1.807, 2.05) is 13.8 Å². The Morgan fingerprint density at radius 2 is 1.86 bits per heavy atom. The minimum atomic E-state index is -0.477. The minimum Gasteiger partial charge on any atom is -0.465 e. The molecule has 0 aliphatic carbocycles. The Bertz CT molecular complexity index is 380. The summed E-state index contributed by atoms with van der Waals surface area (Å²) in [5.74, 6) is -0.477. The SMILES string of the molecule is COC(=O)c1cc(C)c(C)cc1C=O. The van der Waals surface area contributed by atoms with Crippen molar-refractivity contribution in [1.82, 2.24) is 0 Å². The monoisotopic (exact) mass is 192 g/mol. The molecule has 0 aliphatic rings. The summed E-state index contributed by atoms with van der Waals surface area (Å²) in [6.45, 7) is 3.78. The van der Waals surface area contributed by atoms with Gasteiger partial charge in [-0.3, -0.25) is 4.79 Å². The number of hydrogen-bond acceptors (Lipinski definition) is 3. The second kappa shape index (κ2) is 4.05. The molecule has 0 aliphatic heterocycles. The van der Waals surface area contributed by atoms with Crippen LogP contribution in [0, 0.1) is 13.8 Å². The molecular weight excluding hydrogens is 180 g/mol. The fourth-order valence-corrected chi connectivity index (χ4v) is 1.22. The number of ether oxygens (including phenoxy) is 1. The van der Waals surface area contributed by atoms with Gasteiger partial charge in [-0.2, -0.15) is 0 Å². The fourth-order valence-electron chi connectivity index (χ4n) is 1.22. The summed E-state index contributed by atoms with van der Waals surface area (Å²) < 4.78 is 4.58. The molecule has 0 radical (unpaired) electrons. The van der Waals surface area contributed by atoms with Crippen molar-refractivity contribution in [1.29, 1.82) is 0 Å². The van der Waals surface area contributed by atoms with Crippen LogP contribution in [-0.4, -0.2) is 19.4 Å². The van der Waals surface area contributed by atoms with Crippen LogP contribution in [0.15, 0.2) is 12.1 Å². The van der Waals surface area contributed by atoms with E-state index in [0.29, 0.717) is 17.4 Å². The van der Waals surface area contributed by atoms with E-state index < -0.39 is 5.97 Å². The molecule has 0 bridgehead atoms. The van der Waals surface area contributed by atoms with E-state index in [1.165, 1.54) is 7.11 Å². The average Bonchev–Trinajstić information content (AvgIpc) is 2.20. The molecule has 1 aromatic carbocycles. The number of benzene rings is 1. The van der Waals surface area contributed by atoms with Crippen LogP contribution in [0.4, 0.5) is 0 Å². The number of rotatable bonds is 2. The van der Waals surface area contributed by atoms with Gasteiger partial charge >= 0.3 is 5.97 Å². The number of carbonyl (C=O) groups excluding carboxylic acids is 2. The highest BCUT2D eigenvalue weighted by atomic mass is 16.5. The average molecular weight is 192 g/mol.